The lowest BCUT2D eigenvalue weighted by Gasteiger charge is -2.34. The first-order valence-electron chi connectivity index (χ1n) is 7.04. The molecule has 0 atom stereocenters. The van der Waals surface area contributed by atoms with Gasteiger partial charge in [0.1, 0.15) is 0 Å². The lowest BCUT2D eigenvalue weighted by molar-refractivity contribution is 0.407. The zero-order valence-corrected chi connectivity index (χ0v) is 12.8. The van der Waals surface area contributed by atoms with Crippen LogP contribution in [0, 0.1) is 0 Å². The summed E-state index contributed by atoms with van der Waals surface area (Å²) in [5, 5.41) is 0.347. The quantitative estimate of drug-likeness (QED) is 0.820. The van der Waals surface area contributed by atoms with Crippen LogP contribution < -0.4 is 4.90 Å². The van der Waals surface area contributed by atoms with Crippen LogP contribution in [0.2, 0.25) is 10.6 Å². The van der Waals surface area contributed by atoms with Crippen LogP contribution in [0.4, 0.5) is 5.95 Å². The zero-order chi connectivity index (χ0) is 13.7. The Morgan fingerprint density at radius 1 is 1.05 bits per heavy atom. The van der Waals surface area contributed by atoms with E-state index in [1.54, 1.807) is 0 Å². The second-order valence-corrected chi connectivity index (χ2v) is 5.69. The zero-order valence-electron chi connectivity index (χ0n) is 11.3. The molecular weight excluding hydrogens is 283 g/mol. The summed E-state index contributed by atoms with van der Waals surface area (Å²) in [5.74, 6) is 0.630. The molecule has 2 rings (SSSR count). The number of aromatic nitrogens is 3. The first kappa shape index (κ1) is 14.8. The molecule has 106 valence electrons. The van der Waals surface area contributed by atoms with Crippen LogP contribution >= 0.6 is 23.2 Å². The molecule has 0 amide bonds. The van der Waals surface area contributed by atoms with Crippen molar-refractivity contribution in [1.29, 1.82) is 0 Å². The fourth-order valence-corrected chi connectivity index (χ4v) is 2.97. The van der Waals surface area contributed by atoms with Crippen molar-refractivity contribution in [3.05, 3.63) is 10.6 Å². The van der Waals surface area contributed by atoms with E-state index in [0.717, 1.165) is 19.4 Å². The third-order valence-corrected chi connectivity index (χ3v) is 3.93. The summed E-state index contributed by atoms with van der Waals surface area (Å²) in [6, 6.07) is 0.509. The number of nitrogens with zero attached hydrogens (tertiary/aromatic N) is 4. The molecule has 1 heterocycles. The van der Waals surface area contributed by atoms with Gasteiger partial charge in [-0.05, 0) is 42.5 Å². The molecule has 0 radical (unpaired) electrons. The monoisotopic (exact) mass is 302 g/mol. The van der Waals surface area contributed by atoms with Gasteiger partial charge in [-0.1, -0.05) is 32.6 Å². The molecule has 0 unspecified atom stereocenters. The molecule has 0 spiro atoms. The molecule has 0 aliphatic heterocycles. The Balaban J connectivity index is 2.19. The summed E-state index contributed by atoms with van der Waals surface area (Å²) < 4.78 is 0. The molecular formula is C13H20Cl2N4. The van der Waals surface area contributed by atoms with Crippen molar-refractivity contribution in [1.82, 2.24) is 15.0 Å². The van der Waals surface area contributed by atoms with Crippen LogP contribution in [-0.2, 0) is 0 Å². The molecule has 1 fully saturated rings. The molecule has 0 N–H and O–H groups in total. The lowest BCUT2D eigenvalue weighted by atomic mass is 9.94. The van der Waals surface area contributed by atoms with Crippen LogP contribution in [0.25, 0.3) is 0 Å². The Morgan fingerprint density at radius 2 is 1.68 bits per heavy atom. The van der Waals surface area contributed by atoms with E-state index in [1.807, 2.05) is 0 Å². The fourth-order valence-electron chi connectivity index (χ4n) is 2.61. The van der Waals surface area contributed by atoms with E-state index < -0.39 is 0 Å². The number of hydrogen-bond donors (Lipinski definition) is 0. The van der Waals surface area contributed by atoms with Crippen LogP contribution in [0.15, 0.2) is 0 Å². The molecule has 4 nitrogen and oxygen atoms in total. The van der Waals surface area contributed by atoms with E-state index >= 15 is 0 Å². The van der Waals surface area contributed by atoms with Crippen LogP contribution in [0.1, 0.15) is 51.9 Å². The van der Waals surface area contributed by atoms with Crippen molar-refractivity contribution < 1.29 is 0 Å². The van der Waals surface area contributed by atoms with Gasteiger partial charge in [-0.2, -0.15) is 15.0 Å². The lowest BCUT2D eigenvalue weighted by Crippen LogP contribution is -2.39. The summed E-state index contributed by atoms with van der Waals surface area (Å²) >= 11 is 11.8. The molecule has 1 aliphatic carbocycles. The van der Waals surface area contributed by atoms with Gasteiger partial charge in [-0.25, -0.2) is 0 Å². The molecule has 1 saturated carbocycles. The topological polar surface area (TPSA) is 41.9 Å². The Hall–Kier alpha value is -0.610. The van der Waals surface area contributed by atoms with Gasteiger partial charge >= 0.3 is 0 Å². The highest BCUT2D eigenvalue weighted by atomic mass is 35.5. The Bertz CT molecular complexity index is 387. The summed E-state index contributed by atoms with van der Waals surface area (Å²) in [6.45, 7) is 3.14. The summed E-state index contributed by atoms with van der Waals surface area (Å²) in [6.07, 6.45) is 8.55. The minimum atomic E-state index is 0.173. The van der Waals surface area contributed by atoms with Gasteiger partial charge in [0.05, 0.1) is 0 Å². The van der Waals surface area contributed by atoms with E-state index in [9.17, 15) is 0 Å². The average Bonchev–Trinajstić information content (AvgIpc) is 2.39. The maximum absolute atomic E-state index is 5.89. The van der Waals surface area contributed by atoms with Crippen LogP contribution in [-0.4, -0.2) is 27.5 Å². The van der Waals surface area contributed by atoms with Gasteiger partial charge in [-0.15, -0.1) is 0 Å². The SMILES string of the molecule is CCCCN(c1nc(Cl)nc(Cl)n1)C1CCCCC1. The minimum absolute atomic E-state index is 0.173. The third kappa shape index (κ3) is 4.18. The number of halogens is 2. The number of anilines is 1. The van der Waals surface area contributed by atoms with Crippen molar-refractivity contribution in [2.45, 2.75) is 57.9 Å². The summed E-state index contributed by atoms with van der Waals surface area (Å²) in [5.41, 5.74) is 0. The molecule has 1 aromatic heterocycles. The highest BCUT2D eigenvalue weighted by Gasteiger charge is 2.23. The van der Waals surface area contributed by atoms with Gasteiger partial charge in [0, 0.05) is 12.6 Å². The van der Waals surface area contributed by atoms with Crippen molar-refractivity contribution in [2.24, 2.45) is 0 Å². The molecule has 1 aromatic rings. The van der Waals surface area contributed by atoms with E-state index in [-0.39, 0.29) is 10.6 Å². The van der Waals surface area contributed by atoms with Crippen molar-refractivity contribution in [3.63, 3.8) is 0 Å². The van der Waals surface area contributed by atoms with Crippen LogP contribution in [0.3, 0.4) is 0 Å². The van der Waals surface area contributed by atoms with E-state index in [1.165, 1.54) is 32.1 Å². The third-order valence-electron chi connectivity index (χ3n) is 3.59. The molecule has 6 heteroatoms. The highest BCUT2D eigenvalue weighted by Crippen LogP contribution is 2.26. The minimum Gasteiger partial charge on any atom is -0.338 e. The number of hydrogen-bond acceptors (Lipinski definition) is 4. The van der Waals surface area contributed by atoms with Crippen molar-refractivity contribution in [2.75, 3.05) is 11.4 Å². The smallest absolute Gasteiger partial charge is 0.231 e. The molecule has 0 bridgehead atoms. The number of rotatable bonds is 5. The van der Waals surface area contributed by atoms with Gasteiger partial charge < -0.3 is 4.90 Å². The second-order valence-electron chi connectivity index (χ2n) is 5.01. The molecule has 0 aromatic carbocycles. The molecule has 1 aliphatic rings. The normalized spacial score (nSPS) is 16.6. The predicted octanol–water partition coefficient (Wildman–Crippen LogP) is 4.12. The van der Waals surface area contributed by atoms with Gasteiger partial charge in [0.2, 0.25) is 16.5 Å². The summed E-state index contributed by atoms with van der Waals surface area (Å²) in [7, 11) is 0. The van der Waals surface area contributed by atoms with E-state index in [2.05, 4.69) is 26.8 Å². The Labute approximate surface area is 124 Å². The van der Waals surface area contributed by atoms with Crippen molar-refractivity contribution in [3.8, 4) is 0 Å². The van der Waals surface area contributed by atoms with E-state index in [0.29, 0.717) is 12.0 Å². The standard InChI is InChI=1S/C13H20Cl2N4/c1-2-3-9-19(10-7-5-4-6-8-10)13-17-11(14)16-12(15)18-13/h10H,2-9H2,1H3. The first-order valence-corrected chi connectivity index (χ1v) is 7.80. The first-order chi connectivity index (χ1) is 9.20. The van der Waals surface area contributed by atoms with Crippen molar-refractivity contribution >= 4 is 29.2 Å². The second kappa shape index (κ2) is 7.25. The van der Waals surface area contributed by atoms with E-state index in [4.69, 9.17) is 23.2 Å². The highest BCUT2D eigenvalue weighted by molar-refractivity contribution is 6.31. The molecule has 19 heavy (non-hydrogen) atoms. The van der Waals surface area contributed by atoms with Crippen LogP contribution in [0.5, 0.6) is 0 Å². The molecule has 0 saturated heterocycles. The Morgan fingerprint density at radius 3 is 2.26 bits per heavy atom. The maximum atomic E-state index is 5.89. The van der Waals surface area contributed by atoms with Gasteiger partial charge in [-0.3, -0.25) is 0 Å². The fraction of sp³-hybridized carbons (Fsp3) is 0.769. The Kier molecular flexibility index (Phi) is 5.64. The maximum Gasteiger partial charge on any atom is 0.231 e. The predicted molar refractivity (Wildman–Crippen MR) is 79.0 cm³/mol. The summed E-state index contributed by atoms with van der Waals surface area (Å²) in [4.78, 5) is 14.6. The van der Waals surface area contributed by atoms with Gasteiger partial charge in [0.25, 0.3) is 0 Å². The largest absolute Gasteiger partial charge is 0.338 e. The van der Waals surface area contributed by atoms with Gasteiger partial charge in [0.15, 0.2) is 0 Å². The average molecular weight is 303 g/mol. The number of unbranched alkanes of at least 4 members (excludes halogenated alkanes) is 1.